The Morgan fingerprint density at radius 3 is 2.40 bits per heavy atom. The molecule has 0 N–H and O–H groups in total. The number of hydrogen-bond donors (Lipinski definition) is 0. The molecular weight excluding hydrogens is 328 g/mol. The lowest BCUT2D eigenvalue weighted by Crippen LogP contribution is -2.27. The van der Waals surface area contributed by atoms with Crippen molar-refractivity contribution in [3.05, 3.63) is 69.7 Å². The summed E-state index contributed by atoms with van der Waals surface area (Å²) in [6, 6.07) is 10.1. The first kappa shape index (κ1) is 14.7. The molecule has 0 heterocycles. The maximum Gasteiger partial charge on any atom is 0.256 e. The molecule has 104 valence electrons. The van der Waals surface area contributed by atoms with E-state index in [0.29, 0.717) is 4.47 Å². The fraction of sp³-hybridized carbons (Fsp3) is 0.133. The average molecular weight is 340 g/mol. The first-order valence-electron chi connectivity index (χ1n) is 5.92. The predicted octanol–water partition coefficient (Wildman–Crippen LogP) is 4.00. The van der Waals surface area contributed by atoms with Gasteiger partial charge in [-0.1, -0.05) is 28.1 Å². The van der Waals surface area contributed by atoms with E-state index in [4.69, 9.17) is 0 Å². The van der Waals surface area contributed by atoms with Gasteiger partial charge >= 0.3 is 0 Å². The molecule has 5 heteroatoms. The van der Waals surface area contributed by atoms with Crippen molar-refractivity contribution in [2.45, 2.75) is 6.54 Å². The second-order valence-corrected chi connectivity index (χ2v) is 5.33. The van der Waals surface area contributed by atoms with E-state index in [9.17, 15) is 13.6 Å². The molecule has 0 saturated heterocycles. The van der Waals surface area contributed by atoms with Crippen LogP contribution in [0, 0.1) is 11.6 Å². The Labute approximate surface area is 124 Å². The van der Waals surface area contributed by atoms with Gasteiger partial charge in [0.05, 0.1) is 5.56 Å². The first-order valence-corrected chi connectivity index (χ1v) is 6.71. The number of benzene rings is 2. The van der Waals surface area contributed by atoms with Gasteiger partial charge in [-0.05, 0) is 35.9 Å². The van der Waals surface area contributed by atoms with Crippen LogP contribution >= 0.6 is 15.9 Å². The molecule has 0 fully saturated rings. The van der Waals surface area contributed by atoms with Crippen molar-refractivity contribution in [1.82, 2.24) is 4.90 Å². The Morgan fingerprint density at radius 1 is 1.15 bits per heavy atom. The van der Waals surface area contributed by atoms with Crippen molar-refractivity contribution >= 4 is 21.8 Å². The van der Waals surface area contributed by atoms with Gasteiger partial charge in [-0.25, -0.2) is 8.78 Å². The minimum Gasteiger partial charge on any atom is -0.337 e. The molecule has 2 aromatic carbocycles. The van der Waals surface area contributed by atoms with E-state index in [1.54, 1.807) is 25.2 Å². The molecule has 0 bridgehead atoms. The van der Waals surface area contributed by atoms with E-state index in [2.05, 4.69) is 15.9 Å². The molecule has 0 saturated carbocycles. The predicted molar refractivity (Wildman–Crippen MR) is 76.3 cm³/mol. The average Bonchev–Trinajstić information content (AvgIpc) is 2.40. The molecule has 0 aliphatic carbocycles. The monoisotopic (exact) mass is 339 g/mol. The summed E-state index contributed by atoms with van der Waals surface area (Å²) in [6.45, 7) is 0.286. The van der Waals surface area contributed by atoms with E-state index in [-0.39, 0.29) is 17.9 Å². The summed E-state index contributed by atoms with van der Waals surface area (Å²) in [6.07, 6.45) is 0. The van der Waals surface area contributed by atoms with Gasteiger partial charge in [-0.15, -0.1) is 0 Å². The second-order valence-electron chi connectivity index (χ2n) is 4.41. The van der Waals surface area contributed by atoms with Gasteiger partial charge in [0.2, 0.25) is 0 Å². The largest absolute Gasteiger partial charge is 0.337 e. The lowest BCUT2D eigenvalue weighted by atomic mass is 10.1. The van der Waals surface area contributed by atoms with Crippen LogP contribution in [-0.4, -0.2) is 17.9 Å². The summed E-state index contributed by atoms with van der Waals surface area (Å²) in [5, 5.41) is 0. The molecule has 2 rings (SSSR count). The third-order valence-corrected chi connectivity index (χ3v) is 3.33. The summed E-state index contributed by atoms with van der Waals surface area (Å²) in [7, 11) is 1.58. The van der Waals surface area contributed by atoms with Crippen LogP contribution in [0.15, 0.2) is 46.9 Å². The first-order chi connectivity index (χ1) is 9.47. The Kier molecular flexibility index (Phi) is 4.49. The van der Waals surface area contributed by atoms with Crippen LogP contribution in [0.5, 0.6) is 0 Å². The van der Waals surface area contributed by atoms with E-state index in [1.165, 1.54) is 29.2 Å². The minimum atomic E-state index is -0.574. The van der Waals surface area contributed by atoms with Crippen molar-refractivity contribution in [2.24, 2.45) is 0 Å². The molecule has 0 spiro atoms. The standard InChI is InChI=1S/C15H12BrF2NO/c1-19(9-10-2-5-12(17)6-3-10)15(20)13-7-4-11(16)8-14(13)18/h2-8H,9H2,1H3. The fourth-order valence-corrected chi connectivity index (χ4v) is 2.14. The summed E-state index contributed by atoms with van der Waals surface area (Å²) >= 11 is 3.14. The highest BCUT2D eigenvalue weighted by molar-refractivity contribution is 9.10. The quantitative estimate of drug-likeness (QED) is 0.827. The van der Waals surface area contributed by atoms with Gasteiger partial charge in [0.1, 0.15) is 11.6 Å². The second kappa shape index (κ2) is 6.13. The fourth-order valence-electron chi connectivity index (χ4n) is 1.80. The molecule has 0 radical (unpaired) electrons. The van der Waals surface area contributed by atoms with E-state index >= 15 is 0 Å². The van der Waals surface area contributed by atoms with Gasteiger partial charge < -0.3 is 4.90 Å². The van der Waals surface area contributed by atoms with Gasteiger partial charge in [-0.3, -0.25) is 4.79 Å². The molecule has 0 aliphatic heterocycles. The van der Waals surface area contributed by atoms with Gasteiger partial charge in [0.15, 0.2) is 0 Å². The van der Waals surface area contributed by atoms with Crippen molar-refractivity contribution in [3.63, 3.8) is 0 Å². The molecule has 0 atom stereocenters. The summed E-state index contributed by atoms with van der Waals surface area (Å²) in [5.74, 6) is -1.32. The maximum absolute atomic E-state index is 13.7. The number of nitrogens with zero attached hydrogens (tertiary/aromatic N) is 1. The number of rotatable bonds is 3. The summed E-state index contributed by atoms with van der Waals surface area (Å²) < 4.78 is 27.1. The Balaban J connectivity index is 2.14. The zero-order valence-corrected chi connectivity index (χ0v) is 12.3. The number of carbonyl (C=O) groups is 1. The zero-order valence-electron chi connectivity index (χ0n) is 10.7. The van der Waals surface area contributed by atoms with E-state index < -0.39 is 11.7 Å². The highest BCUT2D eigenvalue weighted by Crippen LogP contribution is 2.17. The molecule has 0 aliphatic rings. The zero-order chi connectivity index (χ0) is 14.7. The van der Waals surface area contributed by atoms with Gasteiger partial charge in [-0.2, -0.15) is 0 Å². The molecule has 0 aromatic heterocycles. The lowest BCUT2D eigenvalue weighted by molar-refractivity contribution is 0.0780. The van der Waals surface area contributed by atoms with Crippen molar-refractivity contribution in [1.29, 1.82) is 0 Å². The minimum absolute atomic E-state index is 0.0119. The number of halogens is 3. The highest BCUT2D eigenvalue weighted by Gasteiger charge is 2.16. The third kappa shape index (κ3) is 3.42. The maximum atomic E-state index is 13.7. The third-order valence-electron chi connectivity index (χ3n) is 2.84. The Hall–Kier alpha value is -1.75. The topological polar surface area (TPSA) is 20.3 Å². The summed E-state index contributed by atoms with van der Waals surface area (Å²) in [4.78, 5) is 13.5. The van der Waals surface area contributed by atoms with Crippen LogP contribution in [0.3, 0.4) is 0 Å². The van der Waals surface area contributed by atoms with Crippen LogP contribution in [0.2, 0.25) is 0 Å². The molecule has 1 amide bonds. The van der Waals surface area contributed by atoms with Crippen molar-refractivity contribution in [3.8, 4) is 0 Å². The molecule has 0 unspecified atom stereocenters. The Morgan fingerprint density at radius 2 is 1.80 bits per heavy atom. The van der Waals surface area contributed by atoms with Crippen LogP contribution in [0.25, 0.3) is 0 Å². The Bertz CT molecular complexity index is 628. The van der Waals surface area contributed by atoms with E-state index in [0.717, 1.165) is 5.56 Å². The smallest absolute Gasteiger partial charge is 0.256 e. The van der Waals surface area contributed by atoms with Crippen LogP contribution < -0.4 is 0 Å². The SMILES string of the molecule is CN(Cc1ccc(F)cc1)C(=O)c1ccc(Br)cc1F. The molecule has 2 nitrogen and oxygen atoms in total. The number of amides is 1. The van der Waals surface area contributed by atoms with Crippen LogP contribution in [-0.2, 0) is 6.54 Å². The van der Waals surface area contributed by atoms with Crippen LogP contribution in [0.4, 0.5) is 8.78 Å². The van der Waals surface area contributed by atoms with Crippen molar-refractivity contribution < 1.29 is 13.6 Å². The van der Waals surface area contributed by atoms with Gasteiger partial charge in [0.25, 0.3) is 5.91 Å². The number of carbonyl (C=O) groups excluding carboxylic acids is 1. The normalized spacial score (nSPS) is 10.4. The summed E-state index contributed by atoms with van der Waals surface area (Å²) in [5.41, 5.74) is 0.789. The van der Waals surface area contributed by atoms with Crippen LogP contribution in [0.1, 0.15) is 15.9 Å². The molecular formula is C15H12BrF2NO. The lowest BCUT2D eigenvalue weighted by Gasteiger charge is -2.17. The van der Waals surface area contributed by atoms with E-state index in [1.807, 2.05) is 0 Å². The van der Waals surface area contributed by atoms with Gasteiger partial charge in [0, 0.05) is 18.1 Å². The number of hydrogen-bond acceptors (Lipinski definition) is 1. The molecule has 20 heavy (non-hydrogen) atoms. The van der Waals surface area contributed by atoms with Crippen molar-refractivity contribution in [2.75, 3.05) is 7.05 Å². The molecule has 2 aromatic rings. The highest BCUT2D eigenvalue weighted by atomic mass is 79.9.